The number of pyridine rings is 2. The number of rotatable bonds is 6. The lowest BCUT2D eigenvalue weighted by Gasteiger charge is -2.19. The van der Waals surface area contributed by atoms with E-state index in [1.54, 1.807) is 0 Å². The summed E-state index contributed by atoms with van der Waals surface area (Å²) < 4.78 is 0. The average molecular weight is 754 g/mol. The Morgan fingerprint density at radius 3 is 1.54 bits per heavy atom. The van der Waals surface area contributed by atoms with Crippen molar-refractivity contribution < 1.29 is 0 Å². The van der Waals surface area contributed by atoms with Gasteiger partial charge in [0.25, 0.3) is 0 Å². The summed E-state index contributed by atoms with van der Waals surface area (Å²) in [7, 11) is 0. The van der Waals surface area contributed by atoms with Crippen LogP contribution in [0.15, 0.2) is 206 Å². The van der Waals surface area contributed by atoms with Crippen LogP contribution in [0.5, 0.6) is 0 Å². The van der Waals surface area contributed by atoms with Gasteiger partial charge in [-0.05, 0) is 119 Å². The zero-order valence-electron chi connectivity index (χ0n) is 31.9. The molecule has 11 rings (SSSR count). The van der Waals surface area contributed by atoms with Gasteiger partial charge in [-0.3, -0.25) is 20.8 Å². The molecule has 0 saturated heterocycles. The van der Waals surface area contributed by atoms with E-state index in [2.05, 4.69) is 168 Å². The Balaban J connectivity index is 0.921. The first-order chi connectivity index (χ1) is 29.2. The second kappa shape index (κ2) is 14.2. The molecule has 0 aliphatic heterocycles. The van der Waals surface area contributed by atoms with Crippen LogP contribution in [0.1, 0.15) is 5.56 Å². The van der Waals surface area contributed by atoms with Crippen LogP contribution in [0.4, 0.5) is 5.69 Å². The highest BCUT2D eigenvalue weighted by Crippen LogP contribution is 2.45. The second-order valence-electron chi connectivity index (χ2n) is 14.9. The maximum atomic E-state index is 9.09. The van der Waals surface area contributed by atoms with Gasteiger partial charge < -0.3 is 0 Å². The summed E-state index contributed by atoms with van der Waals surface area (Å²) in [5.41, 5.74) is 14.9. The molecule has 0 atom stereocenters. The molecule has 0 bridgehead atoms. The molecule has 2 aromatic heterocycles. The van der Waals surface area contributed by atoms with Crippen molar-refractivity contribution in [3.8, 4) is 33.4 Å². The number of allylic oxidation sites excluding steroid dienone is 4. The van der Waals surface area contributed by atoms with Gasteiger partial charge in [0, 0.05) is 35.1 Å². The monoisotopic (exact) mass is 753 g/mol. The van der Waals surface area contributed by atoms with Crippen molar-refractivity contribution in [1.82, 2.24) is 9.97 Å². The number of fused-ring (bicyclic) bond motifs is 5. The quantitative estimate of drug-likeness (QED) is 0.101. The minimum Gasteiger partial charge on any atom is -0.299 e. The molecule has 0 unspecified atom stereocenters. The van der Waals surface area contributed by atoms with Crippen molar-refractivity contribution in [2.75, 3.05) is 5.43 Å². The maximum Gasteiger partial charge on any atom is 0.108 e. The number of nitrogens with one attached hydrogen (secondary N) is 2. The maximum absolute atomic E-state index is 9.09. The van der Waals surface area contributed by atoms with E-state index < -0.39 is 0 Å². The second-order valence-corrected chi connectivity index (χ2v) is 14.9. The lowest BCUT2D eigenvalue weighted by molar-refractivity contribution is 1.33. The highest BCUT2D eigenvalue weighted by Gasteiger charge is 2.20. The van der Waals surface area contributed by atoms with Crippen LogP contribution in [0.3, 0.4) is 0 Å². The van der Waals surface area contributed by atoms with Crippen LogP contribution in [0.25, 0.3) is 92.9 Å². The van der Waals surface area contributed by atoms with E-state index in [9.17, 15) is 0 Å². The fraction of sp³-hybridized carbons (Fsp3) is 0. The third-order valence-corrected chi connectivity index (χ3v) is 11.5. The minimum absolute atomic E-state index is 0.343. The summed E-state index contributed by atoms with van der Waals surface area (Å²) in [6, 6.07) is 57.4. The Labute approximate surface area is 340 Å². The SMILES string of the molecule is N=C1C=C(c2c3ccccc3c(-c3cccnc3)c3ccccc23)C=C/C1=N/Nc1ccc(-c2c3ccccc3c(-c3cnc4ccccc4c3)c3ccccc23)cc1. The van der Waals surface area contributed by atoms with Crippen molar-refractivity contribution in [2.24, 2.45) is 5.10 Å². The molecule has 0 radical (unpaired) electrons. The van der Waals surface area contributed by atoms with E-state index in [0.29, 0.717) is 11.4 Å². The molecule has 5 heteroatoms. The van der Waals surface area contributed by atoms with Crippen molar-refractivity contribution in [3.63, 3.8) is 0 Å². The normalized spacial score (nSPS) is 13.5. The zero-order chi connectivity index (χ0) is 39.3. The third-order valence-electron chi connectivity index (χ3n) is 11.5. The van der Waals surface area contributed by atoms with Crippen molar-refractivity contribution in [1.29, 1.82) is 5.41 Å². The number of aromatic nitrogens is 2. The fourth-order valence-corrected chi connectivity index (χ4v) is 8.84. The molecule has 276 valence electrons. The number of benzene rings is 8. The first-order valence-electron chi connectivity index (χ1n) is 19.8. The summed E-state index contributed by atoms with van der Waals surface area (Å²) >= 11 is 0. The fourth-order valence-electron chi connectivity index (χ4n) is 8.84. The van der Waals surface area contributed by atoms with Gasteiger partial charge in [0.05, 0.1) is 16.9 Å². The van der Waals surface area contributed by atoms with Crippen LogP contribution in [-0.4, -0.2) is 21.4 Å². The van der Waals surface area contributed by atoms with Gasteiger partial charge in [0.15, 0.2) is 0 Å². The van der Waals surface area contributed by atoms with Gasteiger partial charge in [0.1, 0.15) is 5.71 Å². The first-order valence-corrected chi connectivity index (χ1v) is 19.8. The van der Waals surface area contributed by atoms with E-state index in [4.69, 9.17) is 15.5 Å². The topological polar surface area (TPSA) is 74.0 Å². The molecule has 0 amide bonds. The summed E-state index contributed by atoms with van der Waals surface area (Å²) in [5, 5.41) is 24.2. The van der Waals surface area contributed by atoms with E-state index in [1.807, 2.05) is 42.9 Å². The molecule has 2 heterocycles. The summed E-state index contributed by atoms with van der Waals surface area (Å²) in [5.74, 6) is 0. The van der Waals surface area contributed by atoms with Crippen molar-refractivity contribution in [2.45, 2.75) is 0 Å². The van der Waals surface area contributed by atoms with E-state index in [-0.39, 0.29) is 0 Å². The van der Waals surface area contributed by atoms with Gasteiger partial charge in [-0.15, -0.1) is 0 Å². The minimum atomic E-state index is 0.343. The predicted molar refractivity (Wildman–Crippen MR) is 248 cm³/mol. The molecule has 10 aromatic rings. The highest BCUT2D eigenvalue weighted by molar-refractivity contribution is 6.52. The van der Waals surface area contributed by atoms with Gasteiger partial charge >= 0.3 is 0 Å². The van der Waals surface area contributed by atoms with E-state index in [1.165, 1.54) is 32.7 Å². The highest BCUT2D eigenvalue weighted by atomic mass is 15.3. The van der Waals surface area contributed by atoms with Crippen molar-refractivity contribution >= 4 is 76.7 Å². The van der Waals surface area contributed by atoms with Crippen LogP contribution in [0.2, 0.25) is 0 Å². The number of nitrogens with zero attached hydrogens (tertiary/aromatic N) is 3. The number of para-hydroxylation sites is 1. The largest absolute Gasteiger partial charge is 0.299 e. The lowest BCUT2D eigenvalue weighted by atomic mass is 9.85. The molecule has 0 spiro atoms. The smallest absolute Gasteiger partial charge is 0.108 e. The molecule has 1 aliphatic carbocycles. The van der Waals surface area contributed by atoms with Gasteiger partial charge in [0.2, 0.25) is 0 Å². The molecule has 59 heavy (non-hydrogen) atoms. The van der Waals surface area contributed by atoms with Gasteiger partial charge in [-0.25, -0.2) is 0 Å². The molecule has 1 aliphatic rings. The lowest BCUT2D eigenvalue weighted by Crippen LogP contribution is -2.13. The standard InChI is InChI=1S/C54H35N5/c55-48-31-36(52-42-16-4-6-18-44(42)53(37-13-11-29-56-32-37)45-19-7-5-17-43(45)52)25-28-50(48)59-58-39-26-23-34(24-27-39)51-40-14-2-8-20-46(40)54(47-21-9-3-15-41(47)51)38-30-35-12-1-10-22-49(35)57-33-38/h1-33,55,58H/b55-48?,59-50-. The predicted octanol–water partition coefficient (Wildman–Crippen LogP) is 13.7. The van der Waals surface area contributed by atoms with Crippen LogP contribution < -0.4 is 5.43 Å². The van der Waals surface area contributed by atoms with Crippen LogP contribution >= 0.6 is 0 Å². The summed E-state index contributed by atoms with van der Waals surface area (Å²) in [6.07, 6.45) is 11.7. The summed E-state index contributed by atoms with van der Waals surface area (Å²) in [4.78, 5) is 9.26. The Bertz CT molecular complexity index is 3300. The van der Waals surface area contributed by atoms with Crippen molar-refractivity contribution in [3.05, 3.63) is 206 Å². The van der Waals surface area contributed by atoms with Gasteiger partial charge in [-0.2, -0.15) is 5.10 Å². The molecule has 8 aromatic carbocycles. The van der Waals surface area contributed by atoms with Crippen LogP contribution in [-0.2, 0) is 0 Å². The molecule has 2 N–H and O–H groups in total. The first kappa shape index (κ1) is 34.2. The van der Waals surface area contributed by atoms with E-state index >= 15 is 0 Å². The van der Waals surface area contributed by atoms with E-state index in [0.717, 1.165) is 71.5 Å². The Morgan fingerprint density at radius 1 is 0.458 bits per heavy atom. The average Bonchev–Trinajstić information content (AvgIpc) is 3.30. The van der Waals surface area contributed by atoms with Gasteiger partial charge in [-0.1, -0.05) is 140 Å². The molecular weight excluding hydrogens is 719 g/mol. The van der Waals surface area contributed by atoms with Crippen LogP contribution in [0, 0.1) is 5.41 Å². The zero-order valence-corrected chi connectivity index (χ0v) is 31.9. The molecule has 0 saturated carbocycles. The number of hydrogen-bond acceptors (Lipinski definition) is 5. The molecule has 0 fully saturated rings. The summed E-state index contributed by atoms with van der Waals surface area (Å²) in [6.45, 7) is 0. The Kier molecular flexibility index (Phi) is 8.23. The number of hydrazone groups is 1. The number of anilines is 1. The third kappa shape index (κ3) is 5.87. The number of hydrogen-bond donors (Lipinski definition) is 2. The Hall–Kier alpha value is -8.02. The Morgan fingerprint density at radius 2 is 0.983 bits per heavy atom. The molecule has 5 nitrogen and oxygen atoms in total. The molecular formula is C54H35N5.